The Morgan fingerprint density at radius 2 is 1.89 bits per heavy atom. The second-order valence-corrected chi connectivity index (χ2v) is 10.2. The summed E-state index contributed by atoms with van der Waals surface area (Å²) in [4.78, 5) is 21.2. The number of morpholine rings is 1. The molecule has 3 heterocycles. The van der Waals surface area contributed by atoms with Gasteiger partial charge < -0.3 is 15.4 Å². The maximum absolute atomic E-state index is 12.7. The number of urea groups is 1. The van der Waals surface area contributed by atoms with Crippen LogP contribution < -0.4 is 10.6 Å². The number of hydrogen-bond donors (Lipinski definition) is 2. The molecular weight excluding hydrogens is 456 g/mol. The van der Waals surface area contributed by atoms with Gasteiger partial charge in [-0.1, -0.05) is 42.5 Å². The summed E-state index contributed by atoms with van der Waals surface area (Å²) in [6.45, 7) is 4.32. The SMILES string of the molecule is O=C(Nc1ccc(-c2ccc(CN3CCOCC3)nc2)c2ccccc12)NC1CC1c1cccs1. The molecule has 2 aliphatic rings. The fourth-order valence-corrected chi connectivity index (χ4v) is 5.73. The van der Waals surface area contributed by atoms with Crippen LogP contribution in [0.4, 0.5) is 10.5 Å². The molecule has 0 radical (unpaired) electrons. The Labute approximate surface area is 208 Å². The molecule has 6 nitrogen and oxygen atoms in total. The number of hydrogen-bond acceptors (Lipinski definition) is 5. The molecule has 178 valence electrons. The van der Waals surface area contributed by atoms with E-state index in [1.54, 1.807) is 11.3 Å². The Morgan fingerprint density at radius 3 is 2.66 bits per heavy atom. The first-order valence-electron chi connectivity index (χ1n) is 12.1. The van der Waals surface area contributed by atoms with E-state index in [4.69, 9.17) is 9.72 Å². The summed E-state index contributed by atoms with van der Waals surface area (Å²) in [6.07, 6.45) is 2.96. The molecule has 35 heavy (non-hydrogen) atoms. The van der Waals surface area contributed by atoms with Gasteiger partial charge in [0.25, 0.3) is 0 Å². The van der Waals surface area contributed by atoms with Crippen LogP contribution >= 0.6 is 11.3 Å². The molecule has 1 aliphatic heterocycles. The number of fused-ring (bicyclic) bond motifs is 1. The highest BCUT2D eigenvalue weighted by Crippen LogP contribution is 2.43. The molecule has 1 saturated carbocycles. The van der Waals surface area contributed by atoms with Gasteiger partial charge in [-0.25, -0.2) is 4.79 Å². The summed E-state index contributed by atoms with van der Waals surface area (Å²) in [5.74, 6) is 0.443. The number of carbonyl (C=O) groups is 1. The molecular formula is C28H28N4O2S. The van der Waals surface area contributed by atoms with Crippen LogP contribution in [0, 0.1) is 0 Å². The average Bonchev–Trinajstić information content (AvgIpc) is 3.42. The van der Waals surface area contributed by atoms with Gasteiger partial charge in [0, 0.05) is 53.6 Å². The number of nitrogens with one attached hydrogen (secondary N) is 2. The van der Waals surface area contributed by atoms with Crippen molar-refractivity contribution in [2.75, 3.05) is 31.6 Å². The maximum Gasteiger partial charge on any atom is 0.319 e. The summed E-state index contributed by atoms with van der Waals surface area (Å²) in [5, 5.41) is 10.4. The summed E-state index contributed by atoms with van der Waals surface area (Å²) in [5.41, 5.74) is 4.06. The van der Waals surface area contributed by atoms with Crippen LogP contribution in [0.25, 0.3) is 21.9 Å². The smallest absolute Gasteiger partial charge is 0.319 e. The van der Waals surface area contributed by atoms with Crippen molar-refractivity contribution < 1.29 is 9.53 Å². The van der Waals surface area contributed by atoms with Gasteiger partial charge in [-0.3, -0.25) is 9.88 Å². The van der Waals surface area contributed by atoms with E-state index in [1.165, 1.54) is 4.88 Å². The fourth-order valence-electron chi connectivity index (χ4n) is 4.82. The molecule has 2 N–H and O–H groups in total. The molecule has 7 heteroatoms. The third-order valence-electron chi connectivity index (χ3n) is 6.81. The molecule has 2 unspecified atom stereocenters. The minimum absolute atomic E-state index is 0.152. The number of thiophene rings is 1. The first-order valence-corrected chi connectivity index (χ1v) is 13.0. The topological polar surface area (TPSA) is 66.5 Å². The Bertz CT molecular complexity index is 1320. The molecule has 1 saturated heterocycles. The van der Waals surface area contributed by atoms with Crippen molar-refractivity contribution >= 4 is 33.8 Å². The van der Waals surface area contributed by atoms with Crippen molar-refractivity contribution in [2.24, 2.45) is 0 Å². The van der Waals surface area contributed by atoms with Gasteiger partial charge in [-0.05, 0) is 40.9 Å². The lowest BCUT2D eigenvalue weighted by atomic mass is 9.98. The van der Waals surface area contributed by atoms with E-state index < -0.39 is 0 Å². The Balaban J connectivity index is 1.17. The highest BCUT2D eigenvalue weighted by Gasteiger charge is 2.40. The van der Waals surface area contributed by atoms with Gasteiger partial charge in [0.1, 0.15) is 0 Å². The van der Waals surface area contributed by atoms with Crippen LogP contribution in [0.1, 0.15) is 22.9 Å². The molecule has 0 spiro atoms. The largest absolute Gasteiger partial charge is 0.379 e. The van der Waals surface area contributed by atoms with E-state index in [0.29, 0.717) is 5.92 Å². The van der Waals surface area contributed by atoms with Crippen LogP contribution in [0.15, 0.2) is 72.2 Å². The second kappa shape index (κ2) is 9.77. The summed E-state index contributed by atoms with van der Waals surface area (Å²) in [6, 6.07) is 20.8. The Kier molecular flexibility index (Phi) is 6.21. The van der Waals surface area contributed by atoms with Crippen molar-refractivity contribution in [1.82, 2.24) is 15.2 Å². The normalized spacial score (nSPS) is 20.0. The van der Waals surface area contributed by atoms with Crippen LogP contribution in [0.5, 0.6) is 0 Å². The number of carbonyl (C=O) groups excluding carboxylic acids is 1. The maximum atomic E-state index is 12.7. The van der Waals surface area contributed by atoms with Gasteiger partial charge in [0.05, 0.1) is 24.6 Å². The second-order valence-electron chi connectivity index (χ2n) is 9.20. The van der Waals surface area contributed by atoms with E-state index in [-0.39, 0.29) is 12.1 Å². The zero-order valence-electron chi connectivity index (χ0n) is 19.4. The minimum Gasteiger partial charge on any atom is -0.379 e. The van der Waals surface area contributed by atoms with Crippen LogP contribution in [0.3, 0.4) is 0 Å². The van der Waals surface area contributed by atoms with E-state index in [0.717, 1.165) is 72.5 Å². The third-order valence-corrected chi connectivity index (χ3v) is 7.82. The van der Waals surface area contributed by atoms with Gasteiger partial charge in [-0.15, -0.1) is 11.3 Å². The van der Waals surface area contributed by atoms with Crippen LogP contribution in [0.2, 0.25) is 0 Å². The molecule has 2 amide bonds. The first kappa shape index (κ1) is 22.2. The average molecular weight is 485 g/mol. The summed E-state index contributed by atoms with van der Waals surface area (Å²) >= 11 is 1.75. The van der Waals surface area contributed by atoms with Crippen molar-refractivity contribution in [1.29, 1.82) is 0 Å². The fraction of sp³-hybridized carbons (Fsp3) is 0.286. The van der Waals surface area contributed by atoms with Gasteiger partial charge >= 0.3 is 6.03 Å². The van der Waals surface area contributed by atoms with Crippen LogP contribution in [-0.2, 0) is 11.3 Å². The number of ether oxygens (including phenoxy) is 1. The lowest BCUT2D eigenvalue weighted by Gasteiger charge is -2.26. The molecule has 2 aromatic heterocycles. The number of amides is 2. The number of benzene rings is 2. The monoisotopic (exact) mass is 484 g/mol. The minimum atomic E-state index is -0.152. The number of nitrogens with zero attached hydrogens (tertiary/aromatic N) is 2. The van der Waals surface area contributed by atoms with E-state index in [1.807, 2.05) is 24.4 Å². The number of pyridine rings is 1. The Hall–Kier alpha value is -3.26. The predicted octanol–water partition coefficient (Wildman–Crippen LogP) is 5.47. The van der Waals surface area contributed by atoms with Gasteiger partial charge in [0.2, 0.25) is 0 Å². The highest BCUT2D eigenvalue weighted by molar-refractivity contribution is 7.10. The molecule has 2 fully saturated rings. The molecule has 2 atom stereocenters. The number of anilines is 1. The lowest BCUT2D eigenvalue weighted by molar-refractivity contribution is 0.0336. The van der Waals surface area contributed by atoms with Gasteiger partial charge in [-0.2, -0.15) is 0 Å². The number of aromatic nitrogens is 1. The van der Waals surface area contributed by atoms with E-state index in [2.05, 4.69) is 63.4 Å². The Morgan fingerprint density at radius 1 is 1.03 bits per heavy atom. The standard InChI is InChI=1S/C28H28N4O2S/c33-28(31-26-16-24(26)27-6-3-15-35-27)30-25-10-9-21(22-4-1-2-5-23(22)25)19-7-8-20(29-17-19)18-32-11-13-34-14-12-32/h1-10,15,17,24,26H,11-14,16,18H2,(H2,30,31,33). The number of rotatable bonds is 6. The lowest BCUT2D eigenvalue weighted by Crippen LogP contribution is -2.35. The van der Waals surface area contributed by atoms with E-state index in [9.17, 15) is 4.79 Å². The van der Waals surface area contributed by atoms with Crippen LogP contribution in [-0.4, -0.2) is 48.3 Å². The zero-order valence-corrected chi connectivity index (χ0v) is 20.3. The van der Waals surface area contributed by atoms with Crippen molar-refractivity contribution in [3.63, 3.8) is 0 Å². The summed E-state index contributed by atoms with van der Waals surface area (Å²) in [7, 11) is 0. The van der Waals surface area contributed by atoms with E-state index >= 15 is 0 Å². The molecule has 6 rings (SSSR count). The third kappa shape index (κ3) is 4.93. The van der Waals surface area contributed by atoms with Crippen molar-refractivity contribution in [2.45, 2.75) is 24.9 Å². The highest BCUT2D eigenvalue weighted by atomic mass is 32.1. The zero-order chi connectivity index (χ0) is 23.6. The molecule has 4 aromatic rings. The predicted molar refractivity (Wildman–Crippen MR) is 141 cm³/mol. The molecule has 0 bridgehead atoms. The van der Waals surface area contributed by atoms with Crippen molar-refractivity contribution in [3.8, 4) is 11.1 Å². The quantitative estimate of drug-likeness (QED) is 0.381. The molecule has 2 aromatic carbocycles. The summed E-state index contributed by atoms with van der Waals surface area (Å²) < 4.78 is 5.44. The first-order chi connectivity index (χ1) is 17.2. The molecule has 1 aliphatic carbocycles. The van der Waals surface area contributed by atoms with Crippen molar-refractivity contribution in [3.05, 3.63) is 82.8 Å². The van der Waals surface area contributed by atoms with Gasteiger partial charge in [0.15, 0.2) is 0 Å².